The molecule has 0 spiro atoms. The molecule has 19 heavy (non-hydrogen) atoms. The molecule has 3 N–H and O–H groups in total. The molecule has 7 nitrogen and oxygen atoms in total. The topological polar surface area (TPSA) is 96.3 Å². The molecule has 0 aromatic carbocycles. The molecular weight excluding hydrogens is 248 g/mol. The number of amides is 2. The second kappa shape index (κ2) is 6.58. The largest absolute Gasteiger partial charge is 0.480 e. The number of aryl methyl sites for hydroxylation is 2. The van der Waals surface area contributed by atoms with Gasteiger partial charge in [0.05, 0.1) is 5.69 Å². The first-order chi connectivity index (χ1) is 8.93. The average Bonchev–Trinajstić information content (AvgIpc) is 2.64. The summed E-state index contributed by atoms with van der Waals surface area (Å²) in [6.45, 7) is 5.59. The summed E-state index contributed by atoms with van der Waals surface area (Å²) in [5.74, 6) is -1.09. The molecule has 1 unspecified atom stereocenters. The number of nitrogens with zero attached hydrogens (tertiary/aromatic N) is 2. The molecule has 0 bridgehead atoms. The minimum Gasteiger partial charge on any atom is -0.480 e. The molecule has 7 heteroatoms. The van der Waals surface area contributed by atoms with Crippen LogP contribution in [0.25, 0.3) is 0 Å². The van der Waals surface area contributed by atoms with Crippen LogP contribution in [0.4, 0.5) is 4.79 Å². The molecule has 1 rings (SSSR count). The molecule has 0 aliphatic rings. The van der Waals surface area contributed by atoms with Gasteiger partial charge in [0.1, 0.15) is 6.04 Å². The molecule has 0 saturated carbocycles. The fourth-order valence-electron chi connectivity index (χ4n) is 1.60. The van der Waals surface area contributed by atoms with Crippen LogP contribution in [0.2, 0.25) is 0 Å². The molecule has 1 aromatic rings. The van der Waals surface area contributed by atoms with Crippen LogP contribution in [0.1, 0.15) is 17.7 Å². The van der Waals surface area contributed by atoms with Crippen molar-refractivity contribution in [3.8, 4) is 0 Å². The Labute approximate surface area is 111 Å². The smallest absolute Gasteiger partial charge is 0.326 e. The highest BCUT2D eigenvalue weighted by atomic mass is 16.4. The highest BCUT2D eigenvalue weighted by Crippen LogP contribution is 2.03. The average molecular weight is 266 g/mol. The van der Waals surface area contributed by atoms with Gasteiger partial charge in [-0.05, 0) is 13.3 Å². The molecule has 0 radical (unpaired) electrons. The Morgan fingerprint density at radius 3 is 2.79 bits per heavy atom. The maximum absolute atomic E-state index is 11.6. The zero-order chi connectivity index (χ0) is 14.4. The first kappa shape index (κ1) is 14.7. The molecule has 0 saturated heterocycles. The molecule has 0 aliphatic heterocycles. The third kappa shape index (κ3) is 4.46. The monoisotopic (exact) mass is 266 g/mol. The zero-order valence-corrected chi connectivity index (χ0v) is 11.0. The van der Waals surface area contributed by atoms with Crippen molar-refractivity contribution in [2.45, 2.75) is 25.9 Å². The van der Waals surface area contributed by atoms with Crippen molar-refractivity contribution in [2.24, 2.45) is 7.05 Å². The summed E-state index contributed by atoms with van der Waals surface area (Å²) in [4.78, 5) is 22.4. The van der Waals surface area contributed by atoms with E-state index in [1.165, 1.54) is 6.08 Å². The van der Waals surface area contributed by atoms with Gasteiger partial charge in [0, 0.05) is 25.4 Å². The van der Waals surface area contributed by atoms with Crippen molar-refractivity contribution < 1.29 is 14.7 Å². The molecule has 1 atom stereocenters. The van der Waals surface area contributed by atoms with Crippen molar-refractivity contribution >= 4 is 12.0 Å². The van der Waals surface area contributed by atoms with Crippen LogP contribution in [0, 0.1) is 6.92 Å². The van der Waals surface area contributed by atoms with Crippen molar-refractivity contribution in [2.75, 3.05) is 0 Å². The van der Waals surface area contributed by atoms with E-state index < -0.39 is 18.0 Å². The number of rotatable bonds is 6. The van der Waals surface area contributed by atoms with E-state index in [-0.39, 0.29) is 6.42 Å². The SMILES string of the molecule is C=CCC(NC(=O)NCc1cn(C)nc1C)C(=O)O. The predicted molar refractivity (Wildman–Crippen MR) is 69.6 cm³/mol. The van der Waals surface area contributed by atoms with Crippen LogP contribution in [0.3, 0.4) is 0 Å². The van der Waals surface area contributed by atoms with E-state index in [1.807, 2.05) is 6.92 Å². The number of carboxylic acids is 1. The van der Waals surface area contributed by atoms with E-state index in [0.29, 0.717) is 6.54 Å². The molecule has 104 valence electrons. The number of nitrogens with one attached hydrogen (secondary N) is 2. The Hall–Kier alpha value is -2.31. The molecule has 1 heterocycles. The van der Waals surface area contributed by atoms with Crippen molar-refractivity contribution in [1.82, 2.24) is 20.4 Å². The standard InChI is InChI=1S/C12H18N4O3/c1-4-5-10(11(17)18)14-12(19)13-6-9-7-16(3)15-8(9)2/h4,7,10H,1,5-6H2,2-3H3,(H,17,18)(H2,13,14,19). The molecule has 1 aromatic heterocycles. The van der Waals surface area contributed by atoms with Gasteiger partial charge >= 0.3 is 12.0 Å². The van der Waals surface area contributed by atoms with Crippen molar-refractivity contribution in [3.05, 3.63) is 30.1 Å². The van der Waals surface area contributed by atoms with Crippen LogP contribution in [0.15, 0.2) is 18.9 Å². The van der Waals surface area contributed by atoms with Gasteiger partial charge in [-0.15, -0.1) is 6.58 Å². The van der Waals surface area contributed by atoms with E-state index >= 15 is 0 Å². The number of hydrogen-bond acceptors (Lipinski definition) is 3. The fourth-order valence-corrected chi connectivity index (χ4v) is 1.60. The number of aromatic nitrogens is 2. The van der Waals surface area contributed by atoms with Crippen molar-refractivity contribution in [3.63, 3.8) is 0 Å². The lowest BCUT2D eigenvalue weighted by molar-refractivity contribution is -0.139. The number of urea groups is 1. The van der Waals surface area contributed by atoms with Gasteiger partial charge in [0.15, 0.2) is 0 Å². The maximum atomic E-state index is 11.6. The maximum Gasteiger partial charge on any atom is 0.326 e. The summed E-state index contributed by atoms with van der Waals surface area (Å²) in [6.07, 6.45) is 3.42. The molecule has 2 amide bonds. The minimum absolute atomic E-state index is 0.175. The van der Waals surface area contributed by atoms with Crippen LogP contribution in [-0.2, 0) is 18.4 Å². The van der Waals surface area contributed by atoms with Gasteiger partial charge in [0.25, 0.3) is 0 Å². The third-order valence-electron chi connectivity index (χ3n) is 2.56. The van der Waals surface area contributed by atoms with E-state index in [1.54, 1.807) is 17.9 Å². The second-order valence-corrected chi connectivity index (χ2v) is 4.16. The van der Waals surface area contributed by atoms with E-state index in [2.05, 4.69) is 22.3 Å². The lowest BCUT2D eigenvalue weighted by Gasteiger charge is -2.13. The van der Waals surface area contributed by atoms with E-state index in [4.69, 9.17) is 5.11 Å². The summed E-state index contributed by atoms with van der Waals surface area (Å²) < 4.78 is 1.65. The summed E-state index contributed by atoms with van der Waals surface area (Å²) in [5.41, 5.74) is 1.71. The molecule has 0 aliphatic carbocycles. The number of carbonyl (C=O) groups is 2. The summed E-state index contributed by atoms with van der Waals surface area (Å²) in [5, 5.41) is 18.0. The zero-order valence-electron chi connectivity index (χ0n) is 11.0. The Kier molecular flexibility index (Phi) is 5.11. The lowest BCUT2D eigenvalue weighted by atomic mass is 10.2. The first-order valence-corrected chi connectivity index (χ1v) is 5.81. The predicted octanol–water partition coefficient (Wildman–Crippen LogP) is 0.557. The van der Waals surface area contributed by atoms with Crippen LogP contribution >= 0.6 is 0 Å². The van der Waals surface area contributed by atoms with E-state index in [0.717, 1.165) is 11.3 Å². The highest BCUT2D eigenvalue weighted by Gasteiger charge is 2.18. The van der Waals surface area contributed by atoms with Crippen LogP contribution in [0.5, 0.6) is 0 Å². The number of carbonyl (C=O) groups excluding carboxylic acids is 1. The van der Waals surface area contributed by atoms with E-state index in [9.17, 15) is 9.59 Å². The molecular formula is C12H18N4O3. The quantitative estimate of drug-likeness (QED) is 0.655. The minimum atomic E-state index is -1.09. The summed E-state index contributed by atoms with van der Waals surface area (Å²) >= 11 is 0. The van der Waals surface area contributed by atoms with Gasteiger partial charge in [0.2, 0.25) is 0 Å². The Morgan fingerprint density at radius 1 is 1.63 bits per heavy atom. The fraction of sp³-hybridized carbons (Fsp3) is 0.417. The number of aliphatic carboxylic acids is 1. The van der Waals surface area contributed by atoms with Crippen molar-refractivity contribution in [1.29, 1.82) is 0 Å². The molecule has 0 fully saturated rings. The Morgan fingerprint density at radius 2 is 2.32 bits per heavy atom. The van der Waals surface area contributed by atoms with Gasteiger partial charge in [-0.1, -0.05) is 6.08 Å². The Bertz CT molecular complexity index is 481. The first-order valence-electron chi connectivity index (χ1n) is 5.81. The highest BCUT2D eigenvalue weighted by molar-refractivity contribution is 5.82. The van der Waals surface area contributed by atoms with Gasteiger partial charge < -0.3 is 15.7 Å². The summed E-state index contributed by atoms with van der Waals surface area (Å²) in [6, 6.07) is -1.50. The number of hydrogen-bond donors (Lipinski definition) is 3. The van der Waals surface area contributed by atoms with Gasteiger partial charge in [-0.25, -0.2) is 9.59 Å². The normalized spacial score (nSPS) is 11.7. The Balaban J connectivity index is 2.49. The number of carboxylic acid groups (broad SMARTS) is 1. The second-order valence-electron chi connectivity index (χ2n) is 4.16. The van der Waals surface area contributed by atoms with Crippen LogP contribution in [-0.4, -0.2) is 32.9 Å². The lowest BCUT2D eigenvalue weighted by Crippen LogP contribution is -2.45. The van der Waals surface area contributed by atoms with Gasteiger partial charge in [-0.2, -0.15) is 5.10 Å². The summed E-state index contributed by atoms with van der Waals surface area (Å²) in [7, 11) is 1.79. The van der Waals surface area contributed by atoms with Crippen LogP contribution < -0.4 is 10.6 Å². The third-order valence-corrected chi connectivity index (χ3v) is 2.56. The van der Waals surface area contributed by atoms with Gasteiger partial charge in [-0.3, -0.25) is 4.68 Å².